The second kappa shape index (κ2) is 3.31. The van der Waals surface area contributed by atoms with Gasteiger partial charge in [0.2, 0.25) is 0 Å². The second-order valence-electron chi connectivity index (χ2n) is 4.14. The van der Waals surface area contributed by atoms with Crippen LogP contribution in [0, 0.1) is 0 Å². The predicted octanol–water partition coefficient (Wildman–Crippen LogP) is 3.40. The predicted molar refractivity (Wildman–Crippen MR) is 66.8 cm³/mol. The van der Waals surface area contributed by atoms with E-state index in [-0.39, 0.29) is 5.54 Å². The van der Waals surface area contributed by atoms with Gasteiger partial charge in [-0.2, -0.15) is 0 Å². The van der Waals surface area contributed by atoms with Crippen LogP contribution in [-0.2, 0) is 5.54 Å². The zero-order valence-corrected chi connectivity index (χ0v) is 9.22. The first-order chi connectivity index (χ1) is 7.84. The van der Waals surface area contributed by atoms with Crippen molar-refractivity contribution in [3.05, 3.63) is 71.8 Å². The first-order valence-electron chi connectivity index (χ1n) is 5.52. The highest BCUT2D eigenvalue weighted by atomic mass is 15.0. The van der Waals surface area contributed by atoms with Crippen LogP contribution in [-0.4, -0.2) is 5.71 Å². The zero-order valence-electron chi connectivity index (χ0n) is 9.22. The lowest BCUT2D eigenvalue weighted by molar-refractivity contribution is 0.860. The third-order valence-corrected chi connectivity index (χ3v) is 3.19. The van der Waals surface area contributed by atoms with E-state index in [9.17, 15) is 0 Å². The topological polar surface area (TPSA) is 12.4 Å². The minimum Gasteiger partial charge on any atom is -0.269 e. The quantitative estimate of drug-likeness (QED) is 0.715. The number of hydrogen-bond donors (Lipinski definition) is 0. The molecule has 0 saturated heterocycles. The average Bonchev–Trinajstić information content (AvgIpc) is 3.05. The van der Waals surface area contributed by atoms with Crippen LogP contribution in [0.15, 0.2) is 65.7 Å². The summed E-state index contributed by atoms with van der Waals surface area (Å²) >= 11 is 0. The lowest BCUT2D eigenvalue weighted by atomic mass is 9.87. The summed E-state index contributed by atoms with van der Waals surface area (Å²) in [5, 5.41) is 0. The Balaban J connectivity index is 2.10. The molecule has 1 aliphatic heterocycles. The van der Waals surface area contributed by atoms with Gasteiger partial charge in [0.1, 0.15) is 5.54 Å². The number of hydrogen-bond acceptors (Lipinski definition) is 1. The Kier molecular flexibility index (Phi) is 1.93. The molecule has 16 heavy (non-hydrogen) atoms. The number of rotatable bonds is 2. The van der Waals surface area contributed by atoms with E-state index in [1.165, 1.54) is 16.8 Å². The highest BCUT2D eigenvalue weighted by Gasteiger charge is 2.46. The van der Waals surface area contributed by atoms with Crippen molar-refractivity contribution < 1.29 is 0 Å². The van der Waals surface area contributed by atoms with Crippen LogP contribution in [0.4, 0.5) is 0 Å². The van der Waals surface area contributed by atoms with Gasteiger partial charge in [-0.1, -0.05) is 60.7 Å². The fraction of sp³-hybridized carbons (Fsp3) is 0.133. The van der Waals surface area contributed by atoms with Gasteiger partial charge >= 0.3 is 0 Å². The summed E-state index contributed by atoms with van der Waals surface area (Å²) < 4.78 is 0. The highest BCUT2D eigenvalue weighted by Crippen LogP contribution is 2.45. The van der Waals surface area contributed by atoms with E-state index < -0.39 is 0 Å². The van der Waals surface area contributed by atoms with Gasteiger partial charge in [0.25, 0.3) is 0 Å². The van der Waals surface area contributed by atoms with Crippen LogP contribution >= 0.6 is 0 Å². The van der Waals surface area contributed by atoms with Gasteiger partial charge in [-0.05, 0) is 18.1 Å². The molecule has 0 atom stereocenters. The molecule has 0 unspecified atom stereocenters. The molecular weight excluding hydrogens is 194 g/mol. The third kappa shape index (κ3) is 1.21. The average molecular weight is 207 g/mol. The summed E-state index contributed by atoms with van der Waals surface area (Å²) in [4.78, 5) is 4.64. The molecule has 0 bridgehead atoms. The summed E-state index contributed by atoms with van der Waals surface area (Å²) in [5.74, 6) is 0. The molecule has 0 spiro atoms. The van der Waals surface area contributed by atoms with Crippen LogP contribution in [0.3, 0.4) is 0 Å². The minimum atomic E-state index is -0.164. The number of aliphatic imine (C=N–C) groups is 1. The molecule has 2 aromatic carbocycles. The fourth-order valence-corrected chi connectivity index (χ4v) is 2.30. The minimum absolute atomic E-state index is 0.164. The highest BCUT2D eigenvalue weighted by molar-refractivity contribution is 6.07. The van der Waals surface area contributed by atoms with Crippen molar-refractivity contribution in [2.45, 2.75) is 12.5 Å². The summed E-state index contributed by atoms with van der Waals surface area (Å²) in [6.07, 6.45) is 0. The maximum atomic E-state index is 4.64. The van der Waals surface area contributed by atoms with Gasteiger partial charge in [0, 0.05) is 5.71 Å². The standard InChI is InChI=1S/C15H13N/c1-12-15(16-12,13-8-4-2-5-9-13)14-10-6-3-7-11-14/h2-11H,1H3. The van der Waals surface area contributed by atoms with Crippen LogP contribution in [0.1, 0.15) is 18.1 Å². The summed E-state index contributed by atoms with van der Waals surface area (Å²) in [5.41, 5.74) is 3.56. The van der Waals surface area contributed by atoms with Gasteiger partial charge in [0.05, 0.1) is 0 Å². The van der Waals surface area contributed by atoms with E-state index in [0.717, 1.165) is 0 Å². The summed E-state index contributed by atoms with van der Waals surface area (Å²) in [6.45, 7) is 2.10. The van der Waals surface area contributed by atoms with Crippen molar-refractivity contribution in [1.82, 2.24) is 0 Å². The number of nitrogens with zero attached hydrogens (tertiary/aromatic N) is 1. The van der Waals surface area contributed by atoms with Gasteiger partial charge in [0.15, 0.2) is 0 Å². The molecule has 78 valence electrons. The van der Waals surface area contributed by atoms with Crippen molar-refractivity contribution >= 4 is 5.71 Å². The maximum absolute atomic E-state index is 4.64. The molecule has 3 rings (SSSR count). The Morgan fingerprint density at radius 1 is 0.750 bits per heavy atom. The molecule has 2 aromatic rings. The SMILES string of the molecule is CC1=NC1(c1ccccc1)c1ccccc1. The Bertz CT molecular complexity index is 486. The van der Waals surface area contributed by atoms with E-state index in [2.05, 4.69) is 60.4 Å². The molecule has 1 aliphatic rings. The normalized spacial score (nSPS) is 16.7. The lowest BCUT2D eigenvalue weighted by Crippen LogP contribution is -2.16. The van der Waals surface area contributed by atoms with Crippen molar-refractivity contribution in [1.29, 1.82) is 0 Å². The molecule has 0 radical (unpaired) electrons. The Labute approximate surface area is 95.5 Å². The van der Waals surface area contributed by atoms with E-state index in [1.807, 2.05) is 12.1 Å². The Morgan fingerprint density at radius 2 is 1.12 bits per heavy atom. The molecule has 0 aliphatic carbocycles. The van der Waals surface area contributed by atoms with Crippen molar-refractivity contribution in [2.24, 2.45) is 4.99 Å². The smallest absolute Gasteiger partial charge is 0.148 e. The molecule has 1 heteroatoms. The van der Waals surface area contributed by atoms with Crippen molar-refractivity contribution in [2.75, 3.05) is 0 Å². The largest absolute Gasteiger partial charge is 0.269 e. The molecule has 0 fully saturated rings. The molecule has 1 nitrogen and oxygen atoms in total. The van der Waals surface area contributed by atoms with Crippen molar-refractivity contribution in [3.63, 3.8) is 0 Å². The molecular formula is C15H13N. The van der Waals surface area contributed by atoms with E-state index >= 15 is 0 Å². The van der Waals surface area contributed by atoms with Crippen LogP contribution in [0.2, 0.25) is 0 Å². The van der Waals surface area contributed by atoms with E-state index in [1.54, 1.807) is 0 Å². The van der Waals surface area contributed by atoms with Gasteiger partial charge in [-0.25, -0.2) is 0 Å². The molecule has 0 amide bonds. The first kappa shape index (κ1) is 9.34. The van der Waals surface area contributed by atoms with E-state index in [0.29, 0.717) is 0 Å². The molecule has 0 saturated carbocycles. The first-order valence-corrected chi connectivity index (χ1v) is 5.52. The fourth-order valence-electron chi connectivity index (χ4n) is 2.30. The second-order valence-corrected chi connectivity index (χ2v) is 4.14. The Hall–Kier alpha value is -1.89. The third-order valence-electron chi connectivity index (χ3n) is 3.19. The van der Waals surface area contributed by atoms with Gasteiger partial charge in [-0.15, -0.1) is 0 Å². The van der Waals surface area contributed by atoms with Gasteiger partial charge in [-0.3, -0.25) is 4.99 Å². The monoisotopic (exact) mass is 207 g/mol. The maximum Gasteiger partial charge on any atom is 0.148 e. The van der Waals surface area contributed by atoms with Crippen molar-refractivity contribution in [3.8, 4) is 0 Å². The Morgan fingerprint density at radius 3 is 1.44 bits per heavy atom. The molecule has 0 N–H and O–H groups in total. The van der Waals surface area contributed by atoms with Gasteiger partial charge < -0.3 is 0 Å². The summed E-state index contributed by atoms with van der Waals surface area (Å²) in [7, 11) is 0. The molecule has 0 aromatic heterocycles. The lowest BCUT2D eigenvalue weighted by Gasteiger charge is -2.15. The van der Waals surface area contributed by atoms with Crippen LogP contribution in [0.25, 0.3) is 0 Å². The van der Waals surface area contributed by atoms with Crippen LogP contribution < -0.4 is 0 Å². The summed E-state index contributed by atoms with van der Waals surface area (Å²) in [6, 6.07) is 20.9. The number of benzene rings is 2. The zero-order chi connectivity index (χ0) is 11.0. The molecule has 1 heterocycles. The van der Waals surface area contributed by atoms with E-state index in [4.69, 9.17) is 0 Å². The van der Waals surface area contributed by atoms with Crippen LogP contribution in [0.5, 0.6) is 0 Å².